The molecule has 0 atom stereocenters. The van der Waals surface area contributed by atoms with Gasteiger partial charge in [0.2, 0.25) is 0 Å². The van der Waals surface area contributed by atoms with E-state index in [0.717, 1.165) is 12.1 Å². The fourth-order valence-corrected chi connectivity index (χ4v) is 1.31. The van der Waals surface area contributed by atoms with E-state index in [1.165, 1.54) is 6.07 Å². The van der Waals surface area contributed by atoms with Crippen LogP contribution in [0.25, 0.3) is 0 Å². The molecule has 1 rings (SSSR count). The van der Waals surface area contributed by atoms with Crippen molar-refractivity contribution >= 4 is 0 Å². The number of alkyl halides is 3. The van der Waals surface area contributed by atoms with Crippen LogP contribution >= 0.6 is 0 Å². The number of halogens is 4. The Bertz CT molecular complexity index is 472. The predicted molar refractivity (Wildman–Crippen MR) is 60.7 cm³/mol. The number of rotatable bonds is 4. The van der Waals surface area contributed by atoms with Crippen LogP contribution in [-0.4, -0.2) is 24.5 Å². The van der Waals surface area contributed by atoms with Crippen molar-refractivity contribution in [3.63, 3.8) is 0 Å². The number of benzene rings is 1. The van der Waals surface area contributed by atoms with Gasteiger partial charge in [0.15, 0.2) is 0 Å². The van der Waals surface area contributed by atoms with Crippen molar-refractivity contribution in [1.82, 2.24) is 0 Å². The van der Waals surface area contributed by atoms with Crippen LogP contribution in [0, 0.1) is 17.7 Å². The maximum Gasteiger partial charge on any atom is 0.411 e. The molecule has 19 heavy (non-hydrogen) atoms. The normalized spacial score (nSPS) is 11.0. The largest absolute Gasteiger partial charge is 0.411 e. The number of hydrogen-bond donors (Lipinski definition) is 1. The highest BCUT2D eigenvalue weighted by Gasteiger charge is 2.27. The lowest BCUT2D eigenvalue weighted by atomic mass is 10.1. The van der Waals surface area contributed by atoms with Crippen molar-refractivity contribution in [2.24, 2.45) is 0 Å². The van der Waals surface area contributed by atoms with Gasteiger partial charge in [0.25, 0.3) is 0 Å². The summed E-state index contributed by atoms with van der Waals surface area (Å²) >= 11 is 0. The molecule has 0 aliphatic rings. The molecule has 0 radical (unpaired) electrons. The molecular formula is C13H12F4O2. The number of ether oxygens (including phenoxy) is 1. The molecule has 0 saturated carbocycles. The van der Waals surface area contributed by atoms with Gasteiger partial charge in [-0.25, -0.2) is 4.39 Å². The van der Waals surface area contributed by atoms with Gasteiger partial charge in [0.05, 0.1) is 13.2 Å². The van der Waals surface area contributed by atoms with Gasteiger partial charge < -0.3 is 9.84 Å². The van der Waals surface area contributed by atoms with Crippen molar-refractivity contribution in [2.75, 3.05) is 13.2 Å². The van der Waals surface area contributed by atoms with Gasteiger partial charge >= 0.3 is 6.18 Å². The predicted octanol–water partition coefficient (Wildman–Crippen LogP) is 2.64. The summed E-state index contributed by atoms with van der Waals surface area (Å²) in [5, 5.41) is 8.54. The van der Waals surface area contributed by atoms with E-state index in [1.807, 2.05) is 0 Å². The molecule has 0 aromatic heterocycles. The van der Waals surface area contributed by atoms with Crippen LogP contribution in [0.1, 0.15) is 17.5 Å². The van der Waals surface area contributed by atoms with E-state index in [2.05, 4.69) is 16.6 Å². The zero-order chi connectivity index (χ0) is 14.3. The standard InChI is InChI=1S/C13H12F4O2/c14-12-6-10(3-1-2-4-18)5-11(7-12)8-19-9-13(15,16)17/h5-7,18H,2,4,8-9H2. The second-order valence-electron chi connectivity index (χ2n) is 3.73. The third kappa shape index (κ3) is 6.79. The molecule has 6 heteroatoms. The highest BCUT2D eigenvalue weighted by molar-refractivity contribution is 5.37. The molecule has 0 fully saturated rings. The summed E-state index contributed by atoms with van der Waals surface area (Å²) < 4.78 is 53.3. The van der Waals surface area contributed by atoms with E-state index < -0.39 is 18.6 Å². The van der Waals surface area contributed by atoms with Crippen LogP contribution in [0.5, 0.6) is 0 Å². The van der Waals surface area contributed by atoms with E-state index in [9.17, 15) is 17.6 Å². The van der Waals surface area contributed by atoms with Crippen molar-refractivity contribution in [3.05, 3.63) is 35.1 Å². The first kappa shape index (κ1) is 15.5. The molecule has 0 heterocycles. The monoisotopic (exact) mass is 276 g/mol. The first-order chi connectivity index (χ1) is 8.90. The van der Waals surface area contributed by atoms with Crippen LogP contribution < -0.4 is 0 Å². The van der Waals surface area contributed by atoms with Gasteiger partial charge in [-0.05, 0) is 23.8 Å². The summed E-state index contributed by atoms with van der Waals surface area (Å²) in [5.41, 5.74) is 0.608. The quantitative estimate of drug-likeness (QED) is 0.676. The second-order valence-corrected chi connectivity index (χ2v) is 3.73. The smallest absolute Gasteiger partial charge is 0.395 e. The second kappa shape index (κ2) is 7.12. The number of hydrogen-bond acceptors (Lipinski definition) is 2. The lowest BCUT2D eigenvalue weighted by molar-refractivity contribution is -0.176. The van der Waals surface area contributed by atoms with E-state index in [4.69, 9.17) is 5.11 Å². The summed E-state index contributed by atoms with van der Waals surface area (Å²) in [5.74, 6) is 4.61. The Morgan fingerprint density at radius 3 is 2.58 bits per heavy atom. The summed E-state index contributed by atoms with van der Waals surface area (Å²) in [7, 11) is 0. The van der Waals surface area contributed by atoms with Crippen LogP contribution in [0.2, 0.25) is 0 Å². The summed E-state index contributed by atoms with van der Waals surface area (Å²) in [6, 6.07) is 3.70. The molecule has 0 aliphatic heterocycles. The summed E-state index contributed by atoms with van der Waals surface area (Å²) in [6.07, 6.45) is -4.16. The minimum Gasteiger partial charge on any atom is -0.395 e. The van der Waals surface area contributed by atoms with E-state index in [0.29, 0.717) is 5.56 Å². The minimum absolute atomic E-state index is 0.107. The Hall–Kier alpha value is -1.58. The fraction of sp³-hybridized carbons (Fsp3) is 0.385. The molecule has 0 saturated heterocycles. The molecule has 0 bridgehead atoms. The summed E-state index contributed by atoms with van der Waals surface area (Å²) in [6.45, 7) is -1.83. The molecule has 0 amide bonds. The average molecular weight is 276 g/mol. The molecule has 2 nitrogen and oxygen atoms in total. The molecule has 1 aromatic rings. The third-order valence-corrected chi connectivity index (χ3v) is 1.96. The average Bonchev–Trinajstić information content (AvgIpc) is 2.27. The van der Waals surface area contributed by atoms with Crippen molar-refractivity contribution in [1.29, 1.82) is 0 Å². The maximum atomic E-state index is 13.2. The Labute approximate surface area is 108 Å². The van der Waals surface area contributed by atoms with Gasteiger partial charge in [-0.15, -0.1) is 0 Å². The molecular weight excluding hydrogens is 264 g/mol. The molecule has 0 unspecified atom stereocenters. The zero-order valence-electron chi connectivity index (χ0n) is 9.93. The van der Waals surface area contributed by atoms with Gasteiger partial charge in [-0.2, -0.15) is 13.2 Å². The molecule has 0 aliphatic carbocycles. The van der Waals surface area contributed by atoms with Gasteiger partial charge in [-0.3, -0.25) is 0 Å². The van der Waals surface area contributed by atoms with Crippen LogP contribution in [-0.2, 0) is 11.3 Å². The summed E-state index contributed by atoms with van der Waals surface area (Å²) in [4.78, 5) is 0. The van der Waals surface area contributed by atoms with Gasteiger partial charge in [-0.1, -0.05) is 11.8 Å². The molecule has 0 spiro atoms. The van der Waals surface area contributed by atoms with E-state index in [-0.39, 0.29) is 25.2 Å². The lowest BCUT2D eigenvalue weighted by Crippen LogP contribution is -2.16. The number of aliphatic hydroxyl groups is 1. The first-order valence-corrected chi connectivity index (χ1v) is 5.44. The lowest BCUT2D eigenvalue weighted by Gasteiger charge is -2.08. The Balaban J connectivity index is 2.67. The van der Waals surface area contributed by atoms with E-state index >= 15 is 0 Å². The van der Waals surface area contributed by atoms with Crippen LogP contribution in [0.4, 0.5) is 17.6 Å². The molecule has 1 aromatic carbocycles. The fourth-order valence-electron chi connectivity index (χ4n) is 1.31. The topological polar surface area (TPSA) is 29.5 Å². The first-order valence-electron chi connectivity index (χ1n) is 5.44. The van der Waals surface area contributed by atoms with Gasteiger partial charge in [0, 0.05) is 12.0 Å². The molecule has 1 N–H and O–H groups in total. The van der Waals surface area contributed by atoms with E-state index in [1.54, 1.807) is 0 Å². The Morgan fingerprint density at radius 2 is 1.95 bits per heavy atom. The van der Waals surface area contributed by atoms with Crippen molar-refractivity contribution < 1.29 is 27.4 Å². The van der Waals surface area contributed by atoms with Crippen LogP contribution in [0.3, 0.4) is 0 Å². The van der Waals surface area contributed by atoms with Gasteiger partial charge in [0.1, 0.15) is 12.4 Å². The minimum atomic E-state index is -4.41. The molecule has 104 valence electrons. The highest BCUT2D eigenvalue weighted by atomic mass is 19.4. The third-order valence-electron chi connectivity index (χ3n) is 1.96. The van der Waals surface area contributed by atoms with Crippen molar-refractivity contribution in [3.8, 4) is 11.8 Å². The van der Waals surface area contributed by atoms with Crippen molar-refractivity contribution in [2.45, 2.75) is 19.2 Å². The number of aliphatic hydroxyl groups excluding tert-OH is 1. The SMILES string of the molecule is OCCC#Cc1cc(F)cc(COCC(F)(F)F)c1. The Morgan fingerprint density at radius 1 is 1.21 bits per heavy atom. The Kier molecular flexibility index (Phi) is 5.80. The maximum absolute atomic E-state index is 13.2. The highest BCUT2D eigenvalue weighted by Crippen LogP contribution is 2.16. The zero-order valence-corrected chi connectivity index (χ0v) is 9.93. The van der Waals surface area contributed by atoms with Crippen LogP contribution in [0.15, 0.2) is 18.2 Å².